The molecule has 0 aliphatic carbocycles. The lowest BCUT2D eigenvalue weighted by atomic mass is 10.1. The van der Waals surface area contributed by atoms with Crippen LogP contribution >= 0.6 is 27.3 Å². The monoisotopic (exact) mass is 560 g/mol. The van der Waals surface area contributed by atoms with Crippen molar-refractivity contribution in [3.63, 3.8) is 0 Å². The molecule has 0 fully saturated rings. The third kappa shape index (κ3) is 4.36. The van der Waals surface area contributed by atoms with Gasteiger partial charge in [0.2, 0.25) is 5.75 Å². The Bertz CT molecular complexity index is 1510. The van der Waals surface area contributed by atoms with Crippen molar-refractivity contribution >= 4 is 53.5 Å². The Morgan fingerprint density at radius 1 is 1.11 bits per heavy atom. The largest absolute Gasteiger partial charge is 0.493 e. The fourth-order valence-electron chi connectivity index (χ4n) is 4.01. The summed E-state index contributed by atoms with van der Waals surface area (Å²) < 4.78 is 25.0. The first-order chi connectivity index (χ1) is 16.7. The van der Waals surface area contributed by atoms with Crippen molar-refractivity contribution in [2.45, 2.75) is 27.3 Å². The van der Waals surface area contributed by atoms with Crippen molar-refractivity contribution in [3.8, 4) is 34.4 Å². The third-order valence-corrected chi connectivity index (χ3v) is 7.30. The van der Waals surface area contributed by atoms with E-state index in [2.05, 4.69) is 15.9 Å². The third-order valence-electron chi connectivity index (χ3n) is 5.39. The van der Waals surface area contributed by atoms with Crippen molar-refractivity contribution in [3.05, 3.63) is 39.1 Å². The average molecular weight is 561 g/mol. The molecular formula is C25H25BrN2O6S. The summed E-state index contributed by atoms with van der Waals surface area (Å²) in [6, 6.07) is 7.09. The molecule has 4 rings (SSSR count). The van der Waals surface area contributed by atoms with Crippen LogP contribution in [-0.2, 0) is 11.3 Å². The van der Waals surface area contributed by atoms with Crippen LogP contribution in [0.15, 0.2) is 33.5 Å². The van der Waals surface area contributed by atoms with Crippen molar-refractivity contribution in [1.82, 2.24) is 9.55 Å². The van der Waals surface area contributed by atoms with E-state index in [-0.39, 0.29) is 11.5 Å². The second kappa shape index (κ2) is 9.87. The summed E-state index contributed by atoms with van der Waals surface area (Å²) in [5, 5.41) is 1.20. The Balaban J connectivity index is 2.12. The van der Waals surface area contributed by atoms with Crippen molar-refractivity contribution in [2.24, 2.45) is 5.92 Å². The predicted molar refractivity (Wildman–Crippen MR) is 140 cm³/mol. The zero-order valence-electron chi connectivity index (χ0n) is 20.2. The van der Waals surface area contributed by atoms with E-state index in [1.165, 1.54) is 39.6 Å². The number of hydrogen-bond donors (Lipinski definition) is 0. The number of hydrogen-bond acceptors (Lipinski definition) is 8. The van der Waals surface area contributed by atoms with Gasteiger partial charge in [-0.15, -0.1) is 11.3 Å². The fraction of sp³-hybridized carbons (Fsp3) is 0.320. The van der Waals surface area contributed by atoms with Gasteiger partial charge in [0.05, 0.1) is 35.9 Å². The molecule has 0 N–H and O–H groups in total. The summed E-state index contributed by atoms with van der Waals surface area (Å²) in [4.78, 5) is 31.0. The molecule has 35 heavy (non-hydrogen) atoms. The number of carbonyl (C=O) groups is 1. The Morgan fingerprint density at radius 2 is 1.83 bits per heavy atom. The second-order valence-electron chi connectivity index (χ2n) is 8.26. The van der Waals surface area contributed by atoms with E-state index in [0.29, 0.717) is 65.7 Å². The van der Waals surface area contributed by atoms with Gasteiger partial charge in [0.15, 0.2) is 11.5 Å². The van der Waals surface area contributed by atoms with Crippen LogP contribution in [0.3, 0.4) is 0 Å². The van der Waals surface area contributed by atoms with Gasteiger partial charge in [-0.25, -0.2) is 4.98 Å². The number of benzene rings is 2. The van der Waals surface area contributed by atoms with E-state index < -0.39 is 5.97 Å². The molecule has 0 atom stereocenters. The predicted octanol–water partition coefficient (Wildman–Crippen LogP) is 5.65. The maximum Gasteiger partial charge on any atom is 0.308 e. The number of thiophene rings is 1. The standard InChI is InChI=1S/C25H25BrN2O6S/c1-12(2)11-28-23(15-10-17(31-4)20(32-5)21(33-6)19(15)26)27-24-18(25(28)30)14-8-7-9-16(22(14)35-24)34-13(3)29/h7-10,12H,11H2,1-6H3. The second-order valence-corrected chi connectivity index (χ2v) is 10.1. The molecule has 4 aromatic rings. The van der Waals surface area contributed by atoms with Crippen LogP contribution in [0.4, 0.5) is 0 Å². The molecular weight excluding hydrogens is 536 g/mol. The number of fused-ring (bicyclic) bond motifs is 3. The molecule has 2 aromatic carbocycles. The number of nitrogens with zero attached hydrogens (tertiary/aromatic N) is 2. The highest BCUT2D eigenvalue weighted by Gasteiger charge is 2.25. The summed E-state index contributed by atoms with van der Waals surface area (Å²) in [7, 11) is 4.60. The highest BCUT2D eigenvalue weighted by Crippen LogP contribution is 2.48. The summed E-state index contributed by atoms with van der Waals surface area (Å²) in [5.74, 6) is 1.92. The number of carbonyl (C=O) groups excluding carboxylic acids is 1. The van der Waals surface area contributed by atoms with Gasteiger partial charge in [-0.05, 0) is 34.0 Å². The lowest BCUT2D eigenvalue weighted by Crippen LogP contribution is -2.25. The highest BCUT2D eigenvalue weighted by atomic mass is 79.9. The maximum absolute atomic E-state index is 13.9. The minimum Gasteiger partial charge on any atom is -0.493 e. The molecule has 0 bridgehead atoms. The first-order valence-corrected chi connectivity index (χ1v) is 12.5. The summed E-state index contributed by atoms with van der Waals surface area (Å²) in [6.45, 7) is 5.87. The molecule has 184 valence electrons. The van der Waals surface area contributed by atoms with E-state index >= 15 is 0 Å². The van der Waals surface area contributed by atoms with Crippen molar-refractivity contribution in [2.75, 3.05) is 21.3 Å². The summed E-state index contributed by atoms with van der Waals surface area (Å²) in [6.07, 6.45) is 0. The normalized spacial score (nSPS) is 11.3. The fourth-order valence-corrected chi connectivity index (χ4v) is 5.76. The van der Waals surface area contributed by atoms with Crippen LogP contribution in [0.25, 0.3) is 31.7 Å². The van der Waals surface area contributed by atoms with Crippen LogP contribution < -0.4 is 24.5 Å². The summed E-state index contributed by atoms with van der Waals surface area (Å²) in [5.41, 5.74) is 0.447. The van der Waals surface area contributed by atoms with Crippen molar-refractivity contribution in [1.29, 1.82) is 0 Å². The Labute approximate surface area is 214 Å². The molecule has 0 unspecified atom stereocenters. The zero-order valence-corrected chi connectivity index (χ0v) is 22.6. The smallest absolute Gasteiger partial charge is 0.308 e. The quantitative estimate of drug-likeness (QED) is 0.213. The lowest BCUT2D eigenvalue weighted by molar-refractivity contribution is -0.131. The van der Waals surface area contributed by atoms with Gasteiger partial charge in [-0.3, -0.25) is 14.2 Å². The maximum atomic E-state index is 13.9. The molecule has 2 heterocycles. The van der Waals surface area contributed by atoms with Gasteiger partial charge in [-0.1, -0.05) is 26.0 Å². The van der Waals surface area contributed by atoms with Gasteiger partial charge < -0.3 is 18.9 Å². The lowest BCUT2D eigenvalue weighted by Gasteiger charge is -2.19. The van der Waals surface area contributed by atoms with E-state index in [9.17, 15) is 9.59 Å². The number of halogens is 1. The van der Waals surface area contributed by atoms with Crippen LogP contribution in [0.5, 0.6) is 23.0 Å². The molecule has 0 radical (unpaired) electrons. The molecule has 0 saturated heterocycles. The van der Waals surface area contributed by atoms with Gasteiger partial charge in [0.25, 0.3) is 5.56 Å². The highest BCUT2D eigenvalue weighted by molar-refractivity contribution is 9.10. The van der Waals surface area contributed by atoms with Crippen LogP contribution in [-0.4, -0.2) is 36.8 Å². The first kappa shape index (κ1) is 25.0. The number of aromatic nitrogens is 2. The molecule has 0 saturated carbocycles. The van der Waals surface area contributed by atoms with Crippen LogP contribution in [0, 0.1) is 5.92 Å². The van der Waals surface area contributed by atoms with Gasteiger partial charge in [-0.2, -0.15) is 0 Å². The zero-order chi connectivity index (χ0) is 25.4. The number of esters is 1. The van der Waals surface area contributed by atoms with Gasteiger partial charge in [0, 0.05) is 24.4 Å². The van der Waals surface area contributed by atoms with E-state index in [4.69, 9.17) is 23.9 Å². The van der Waals surface area contributed by atoms with E-state index in [1.54, 1.807) is 22.8 Å². The molecule has 10 heteroatoms. The number of rotatable bonds is 7. The minimum absolute atomic E-state index is 0.174. The molecule has 8 nitrogen and oxygen atoms in total. The average Bonchev–Trinajstić information content (AvgIpc) is 3.19. The van der Waals surface area contributed by atoms with E-state index in [1.807, 2.05) is 19.9 Å². The molecule has 0 spiro atoms. The summed E-state index contributed by atoms with van der Waals surface area (Å²) >= 11 is 4.94. The minimum atomic E-state index is -0.429. The Hall–Kier alpha value is -3.11. The van der Waals surface area contributed by atoms with Gasteiger partial charge >= 0.3 is 5.97 Å². The van der Waals surface area contributed by atoms with Crippen molar-refractivity contribution < 1.29 is 23.7 Å². The number of methoxy groups -OCH3 is 3. The molecule has 0 aliphatic heterocycles. The SMILES string of the molecule is COc1cc(-c2nc3sc4c(OC(C)=O)cccc4c3c(=O)n2CC(C)C)c(Br)c(OC)c1OC. The van der Waals surface area contributed by atoms with Crippen LogP contribution in [0.2, 0.25) is 0 Å². The Morgan fingerprint density at radius 3 is 2.43 bits per heavy atom. The molecule has 0 amide bonds. The van der Waals surface area contributed by atoms with Crippen LogP contribution in [0.1, 0.15) is 20.8 Å². The first-order valence-electron chi connectivity index (χ1n) is 10.8. The van der Waals surface area contributed by atoms with Gasteiger partial charge in [0.1, 0.15) is 16.4 Å². The molecule has 2 aromatic heterocycles. The number of ether oxygens (including phenoxy) is 4. The van der Waals surface area contributed by atoms with E-state index in [0.717, 1.165) is 0 Å². The molecule has 0 aliphatic rings. The topological polar surface area (TPSA) is 88.9 Å². The Kier molecular flexibility index (Phi) is 7.05.